The Bertz CT molecular complexity index is 1220. The lowest BCUT2D eigenvalue weighted by Crippen LogP contribution is -2.22. The van der Waals surface area contributed by atoms with E-state index >= 15 is 0 Å². The lowest BCUT2D eigenvalue weighted by Gasteiger charge is -2.10. The number of hydrazone groups is 1. The standard InChI is InChI=1S/C23H21Br2N3O4/c1-13(14-6-8-15(24)9-7-14)28-31-12-21(29)27-26-11-17-22-16-4-2-3-5-19(16)32-20(22)10-18(25)23(17)30/h6-11,30H,2-5,12H2,1H3,(H,27,29)/b26-11+,28-13?. The second kappa shape index (κ2) is 9.87. The van der Waals surface area contributed by atoms with E-state index in [0.29, 0.717) is 21.3 Å². The Morgan fingerprint density at radius 1 is 1.25 bits per heavy atom. The van der Waals surface area contributed by atoms with Crippen molar-refractivity contribution < 1.29 is 19.2 Å². The van der Waals surface area contributed by atoms with Crippen LogP contribution in [-0.4, -0.2) is 29.5 Å². The fourth-order valence-electron chi connectivity index (χ4n) is 3.67. The number of nitrogens with zero attached hydrogens (tertiary/aromatic N) is 2. The molecule has 0 bridgehead atoms. The first kappa shape index (κ1) is 22.5. The molecule has 0 radical (unpaired) electrons. The topological polar surface area (TPSA) is 96.4 Å². The molecule has 2 N–H and O–H groups in total. The lowest BCUT2D eigenvalue weighted by molar-refractivity contribution is -0.125. The molecule has 9 heteroatoms. The Balaban J connectivity index is 1.43. The highest BCUT2D eigenvalue weighted by Gasteiger charge is 2.22. The summed E-state index contributed by atoms with van der Waals surface area (Å²) in [6.45, 7) is 1.51. The van der Waals surface area contributed by atoms with Gasteiger partial charge in [0.15, 0.2) is 6.61 Å². The van der Waals surface area contributed by atoms with Crippen LogP contribution in [0, 0.1) is 0 Å². The number of fused-ring (bicyclic) bond motifs is 3. The van der Waals surface area contributed by atoms with Gasteiger partial charge in [0.1, 0.15) is 17.1 Å². The number of carbonyl (C=O) groups excluding carboxylic acids is 1. The SMILES string of the molecule is CC(=NOCC(=O)N/N=C/c1c(O)c(Br)cc2oc3c(c12)CCCC3)c1ccc(Br)cc1. The highest BCUT2D eigenvalue weighted by atomic mass is 79.9. The van der Waals surface area contributed by atoms with Crippen LogP contribution in [0.2, 0.25) is 0 Å². The van der Waals surface area contributed by atoms with Gasteiger partial charge in [0.2, 0.25) is 0 Å². The van der Waals surface area contributed by atoms with Crippen LogP contribution in [-0.2, 0) is 22.5 Å². The zero-order valence-corrected chi connectivity index (χ0v) is 20.5. The van der Waals surface area contributed by atoms with Gasteiger partial charge in [0, 0.05) is 27.4 Å². The fraction of sp³-hybridized carbons (Fsp3) is 0.261. The molecule has 2 aromatic carbocycles. The van der Waals surface area contributed by atoms with E-state index in [1.807, 2.05) is 24.3 Å². The summed E-state index contributed by atoms with van der Waals surface area (Å²) in [5.41, 5.74) is 6.25. The molecule has 0 saturated carbocycles. The summed E-state index contributed by atoms with van der Waals surface area (Å²) in [5.74, 6) is 0.541. The predicted molar refractivity (Wildman–Crippen MR) is 130 cm³/mol. The zero-order chi connectivity index (χ0) is 22.7. The van der Waals surface area contributed by atoms with Crippen molar-refractivity contribution in [2.45, 2.75) is 32.6 Å². The van der Waals surface area contributed by atoms with Crippen LogP contribution in [0.25, 0.3) is 11.0 Å². The van der Waals surface area contributed by atoms with Crippen molar-refractivity contribution in [2.24, 2.45) is 10.3 Å². The van der Waals surface area contributed by atoms with Crippen molar-refractivity contribution in [1.29, 1.82) is 0 Å². The van der Waals surface area contributed by atoms with Crippen molar-refractivity contribution in [2.75, 3.05) is 6.61 Å². The summed E-state index contributed by atoms with van der Waals surface area (Å²) in [6, 6.07) is 9.37. The van der Waals surface area contributed by atoms with Crippen LogP contribution in [0.15, 0.2) is 54.0 Å². The summed E-state index contributed by atoms with van der Waals surface area (Å²) in [5, 5.41) is 19.4. The van der Waals surface area contributed by atoms with Crippen molar-refractivity contribution in [1.82, 2.24) is 5.43 Å². The maximum Gasteiger partial charge on any atom is 0.280 e. The molecule has 1 aliphatic carbocycles. The second-order valence-electron chi connectivity index (χ2n) is 7.45. The minimum Gasteiger partial charge on any atom is -0.506 e. The zero-order valence-electron chi connectivity index (χ0n) is 17.3. The number of halogens is 2. The molecule has 1 aliphatic rings. The minimum atomic E-state index is -0.464. The number of rotatable bonds is 6. The van der Waals surface area contributed by atoms with Gasteiger partial charge < -0.3 is 14.4 Å². The maximum absolute atomic E-state index is 12.1. The average Bonchev–Trinajstić information content (AvgIpc) is 3.14. The molecule has 3 aromatic rings. The summed E-state index contributed by atoms with van der Waals surface area (Å²) in [4.78, 5) is 17.2. The molecular weight excluding hydrogens is 542 g/mol. The molecule has 1 amide bonds. The first-order chi connectivity index (χ1) is 15.4. The number of aromatic hydroxyl groups is 1. The van der Waals surface area contributed by atoms with Crippen LogP contribution in [0.1, 0.15) is 42.2 Å². The van der Waals surface area contributed by atoms with E-state index in [9.17, 15) is 9.90 Å². The van der Waals surface area contributed by atoms with Crippen molar-refractivity contribution in [3.8, 4) is 5.75 Å². The molecule has 4 rings (SSSR count). The number of aryl methyl sites for hydroxylation is 2. The highest BCUT2D eigenvalue weighted by Crippen LogP contribution is 2.40. The number of phenolic OH excluding ortho intramolecular Hbond substituents is 1. The number of carbonyl (C=O) groups is 1. The van der Waals surface area contributed by atoms with Crippen molar-refractivity contribution in [3.05, 3.63) is 61.7 Å². The molecule has 0 saturated heterocycles. The van der Waals surface area contributed by atoms with E-state index < -0.39 is 5.91 Å². The number of oxime groups is 1. The Morgan fingerprint density at radius 2 is 2.00 bits per heavy atom. The molecule has 0 unspecified atom stereocenters. The average molecular weight is 563 g/mol. The maximum atomic E-state index is 12.1. The van der Waals surface area contributed by atoms with Gasteiger partial charge in [0.05, 0.1) is 16.4 Å². The molecule has 1 heterocycles. The predicted octanol–water partition coefficient (Wildman–Crippen LogP) is 5.43. The first-order valence-corrected chi connectivity index (χ1v) is 11.7. The molecule has 0 aliphatic heterocycles. The van der Waals surface area contributed by atoms with Gasteiger partial charge in [-0.25, -0.2) is 5.43 Å². The molecule has 166 valence electrons. The number of nitrogens with one attached hydrogen (secondary N) is 1. The smallest absolute Gasteiger partial charge is 0.280 e. The van der Waals surface area contributed by atoms with E-state index in [2.05, 4.69) is 47.5 Å². The number of benzene rings is 2. The molecule has 7 nitrogen and oxygen atoms in total. The number of hydrogen-bond acceptors (Lipinski definition) is 6. The third kappa shape index (κ3) is 4.88. The molecule has 1 aromatic heterocycles. The Hall–Kier alpha value is -2.65. The van der Waals surface area contributed by atoms with Crippen molar-refractivity contribution >= 4 is 60.7 Å². The van der Waals surface area contributed by atoms with E-state index in [1.54, 1.807) is 13.0 Å². The van der Waals surface area contributed by atoms with Crippen LogP contribution >= 0.6 is 31.9 Å². The summed E-state index contributed by atoms with van der Waals surface area (Å²) >= 11 is 6.74. The number of amides is 1. The normalized spacial score (nSPS) is 14.0. The number of furan rings is 1. The van der Waals surface area contributed by atoms with Crippen LogP contribution in [0.4, 0.5) is 0 Å². The quantitative estimate of drug-likeness (QED) is 0.309. The number of hydrogen-bond donors (Lipinski definition) is 2. The van der Waals surface area contributed by atoms with E-state index in [1.165, 1.54) is 6.21 Å². The second-order valence-corrected chi connectivity index (χ2v) is 9.22. The Kier molecular flexibility index (Phi) is 6.95. The van der Waals surface area contributed by atoms with Crippen LogP contribution < -0.4 is 5.43 Å². The van der Waals surface area contributed by atoms with Gasteiger partial charge in [-0.15, -0.1) is 0 Å². The van der Waals surface area contributed by atoms with Gasteiger partial charge in [-0.3, -0.25) is 4.79 Å². The third-order valence-electron chi connectivity index (χ3n) is 5.25. The number of phenols is 1. The van der Waals surface area contributed by atoms with E-state index in [-0.39, 0.29) is 12.4 Å². The van der Waals surface area contributed by atoms with Gasteiger partial charge in [0.25, 0.3) is 5.91 Å². The minimum absolute atomic E-state index is 0.0515. The molecular formula is C23H21Br2N3O4. The third-order valence-corrected chi connectivity index (χ3v) is 6.38. The van der Waals surface area contributed by atoms with Gasteiger partial charge in [-0.05, 0) is 65.9 Å². The molecule has 0 atom stereocenters. The molecule has 32 heavy (non-hydrogen) atoms. The van der Waals surface area contributed by atoms with Crippen LogP contribution in [0.5, 0.6) is 5.75 Å². The van der Waals surface area contributed by atoms with Gasteiger partial charge in [-0.1, -0.05) is 33.2 Å². The van der Waals surface area contributed by atoms with E-state index in [0.717, 1.165) is 52.4 Å². The lowest BCUT2D eigenvalue weighted by atomic mass is 9.94. The highest BCUT2D eigenvalue weighted by molar-refractivity contribution is 9.10. The summed E-state index contributed by atoms with van der Waals surface area (Å²) < 4.78 is 7.46. The Labute approximate surface area is 201 Å². The first-order valence-electron chi connectivity index (χ1n) is 10.1. The molecule has 0 spiro atoms. The van der Waals surface area contributed by atoms with Gasteiger partial charge >= 0.3 is 0 Å². The van der Waals surface area contributed by atoms with Gasteiger partial charge in [-0.2, -0.15) is 5.10 Å². The fourth-order valence-corrected chi connectivity index (χ4v) is 4.36. The Morgan fingerprint density at radius 3 is 2.78 bits per heavy atom. The largest absolute Gasteiger partial charge is 0.506 e. The summed E-state index contributed by atoms with van der Waals surface area (Å²) in [6.07, 6.45) is 5.36. The molecule has 0 fully saturated rings. The van der Waals surface area contributed by atoms with Crippen LogP contribution in [0.3, 0.4) is 0 Å². The van der Waals surface area contributed by atoms with E-state index in [4.69, 9.17) is 9.25 Å². The monoisotopic (exact) mass is 561 g/mol. The summed E-state index contributed by atoms with van der Waals surface area (Å²) in [7, 11) is 0. The van der Waals surface area contributed by atoms with Crippen molar-refractivity contribution in [3.63, 3.8) is 0 Å².